The summed E-state index contributed by atoms with van der Waals surface area (Å²) >= 11 is 0. The molecule has 1 aromatic carbocycles. The van der Waals surface area contributed by atoms with Crippen LogP contribution < -0.4 is 5.32 Å². The van der Waals surface area contributed by atoms with E-state index in [1.165, 1.54) is 19.1 Å². The summed E-state index contributed by atoms with van der Waals surface area (Å²) in [6.45, 7) is 5.05. The van der Waals surface area contributed by atoms with E-state index in [4.69, 9.17) is 10.5 Å². The number of halogens is 3. The smallest absolute Gasteiger partial charge is 0.355 e. The molecular formula is C14H10F3N3. The molecule has 1 N–H and O–H groups in total. The average molecular weight is 277 g/mol. The molecule has 0 aliphatic carbocycles. The average Bonchev–Trinajstić information content (AvgIpc) is 2.38. The summed E-state index contributed by atoms with van der Waals surface area (Å²) in [4.78, 5) is 0. The molecule has 0 saturated carbocycles. The maximum atomic E-state index is 12.4. The van der Waals surface area contributed by atoms with E-state index in [2.05, 4.69) is 11.9 Å². The third kappa shape index (κ3) is 3.63. The molecule has 0 aliphatic heterocycles. The molecule has 6 heteroatoms. The first-order valence-corrected chi connectivity index (χ1v) is 5.44. The number of nitrogens with one attached hydrogen (secondary N) is 1. The van der Waals surface area contributed by atoms with Crippen LogP contribution >= 0.6 is 0 Å². The summed E-state index contributed by atoms with van der Waals surface area (Å²) in [5.41, 5.74) is -0.0185. The summed E-state index contributed by atoms with van der Waals surface area (Å²) in [7, 11) is 0. The second-order valence-corrected chi connectivity index (χ2v) is 3.90. The lowest BCUT2D eigenvalue weighted by molar-refractivity contribution is -0.137. The van der Waals surface area contributed by atoms with Crippen molar-refractivity contribution >= 4 is 5.69 Å². The number of nitrogens with zero attached hydrogens (tertiary/aromatic N) is 2. The van der Waals surface area contributed by atoms with Crippen LogP contribution in [0.3, 0.4) is 0 Å². The molecule has 0 bridgehead atoms. The summed E-state index contributed by atoms with van der Waals surface area (Å²) in [5, 5.41) is 20.3. The molecule has 1 rings (SSSR count). The zero-order valence-corrected chi connectivity index (χ0v) is 10.5. The highest BCUT2D eigenvalue weighted by Crippen LogP contribution is 2.30. The number of benzene rings is 1. The lowest BCUT2D eigenvalue weighted by Crippen LogP contribution is -2.06. The van der Waals surface area contributed by atoms with Gasteiger partial charge in [0.15, 0.2) is 0 Å². The second-order valence-electron chi connectivity index (χ2n) is 3.90. The zero-order valence-electron chi connectivity index (χ0n) is 10.5. The van der Waals surface area contributed by atoms with E-state index in [1.807, 2.05) is 12.1 Å². The maximum absolute atomic E-state index is 12.4. The van der Waals surface area contributed by atoms with E-state index in [1.54, 1.807) is 0 Å². The fraction of sp³-hybridized carbons (Fsp3) is 0.143. The quantitative estimate of drug-likeness (QED) is 0.671. The van der Waals surface area contributed by atoms with Crippen LogP contribution in [0.4, 0.5) is 18.9 Å². The number of rotatable bonds is 3. The third-order valence-corrected chi connectivity index (χ3v) is 2.46. The molecule has 0 unspecified atom stereocenters. The van der Waals surface area contributed by atoms with Crippen LogP contribution in [0.25, 0.3) is 0 Å². The van der Waals surface area contributed by atoms with Crippen LogP contribution in [0.2, 0.25) is 0 Å². The molecule has 0 aromatic heterocycles. The monoisotopic (exact) mass is 277 g/mol. The topological polar surface area (TPSA) is 59.6 Å². The second kappa shape index (κ2) is 5.94. The van der Waals surface area contributed by atoms with Crippen LogP contribution in [-0.4, -0.2) is 0 Å². The van der Waals surface area contributed by atoms with Gasteiger partial charge in [-0.25, -0.2) is 0 Å². The molecule has 1 aromatic rings. The number of alkyl halides is 3. The highest BCUT2D eigenvalue weighted by molar-refractivity contribution is 5.58. The van der Waals surface area contributed by atoms with E-state index < -0.39 is 11.7 Å². The SMILES string of the molecule is C=C(Nc1ccc(C(F)(F)F)cc1)/C(C#N)=C(/C)C#N. The fourth-order valence-electron chi connectivity index (χ4n) is 1.41. The van der Waals surface area contributed by atoms with Gasteiger partial charge in [0.2, 0.25) is 0 Å². The fourth-order valence-corrected chi connectivity index (χ4v) is 1.41. The summed E-state index contributed by atoms with van der Waals surface area (Å²) in [6, 6.07) is 7.93. The number of anilines is 1. The molecule has 0 radical (unpaired) electrons. The molecule has 0 amide bonds. The van der Waals surface area contributed by atoms with Crippen molar-refractivity contribution in [1.82, 2.24) is 0 Å². The van der Waals surface area contributed by atoms with Gasteiger partial charge in [-0.15, -0.1) is 0 Å². The molecule has 0 saturated heterocycles. The number of nitriles is 2. The van der Waals surface area contributed by atoms with Crippen LogP contribution in [0.1, 0.15) is 12.5 Å². The molecule has 3 nitrogen and oxygen atoms in total. The maximum Gasteiger partial charge on any atom is 0.416 e. The first kappa shape index (κ1) is 15.3. The Balaban J connectivity index is 2.94. The Kier molecular flexibility index (Phi) is 4.55. The van der Waals surface area contributed by atoms with Crippen LogP contribution in [-0.2, 0) is 6.18 Å². The Bertz CT molecular complexity index is 626. The summed E-state index contributed by atoms with van der Waals surface area (Å²) < 4.78 is 37.2. The summed E-state index contributed by atoms with van der Waals surface area (Å²) in [5.74, 6) is 0. The third-order valence-electron chi connectivity index (χ3n) is 2.46. The van der Waals surface area contributed by atoms with Crippen LogP contribution in [0.15, 0.2) is 47.7 Å². The van der Waals surface area contributed by atoms with Crippen molar-refractivity contribution in [2.24, 2.45) is 0 Å². The first-order chi connectivity index (χ1) is 9.29. The molecule has 0 atom stereocenters. The highest BCUT2D eigenvalue weighted by atomic mass is 19.4. The van der Waals surface area contributed by atoms with Crippen molar-refractivity contribution in [2.75, 3.05) is 5.32 Å². The molecule has 102 valence electrons. The standard InChI is InChI=1S/C14H10F3N3/c1-9(7-18)13(8-19)10(2)20-12-5-3-11(4-6-12)14(15,16)17/h3-6,20H,2H2,1H3/b13-9-. The van der Waals surface area contributed by atoms with Crippen molar-refractivity contribution < 1.29 is 13.2 Å². The van der Waals surface area contributed by atoms with E-state index in [-0.39, 0.29) is 16.8 Å². The lowest BCUT2D eigenvalue weighted by atomic mass is 10.1. The minimum absolute atomic E-state index is 0.0624. The Hall–Kier alpha value is -2.73. The van der Waals surface area contributed by atoms with Crippen molar-refractivity contribution in [3.8, 4) is 12.1 Å². The van der Waals surface area contributed by atoms with Gasteiger partial charge in [0.1, 0.15) is 6.07 Å². The highest BCUT2D eigenvalue weighted by Gasteiger charge is 2.29. The van der Waals surface area contributed by atoms with Gasteiger partial charge in [-0.05, 0) is 31.2 Å². The van der Waals surface area contributed by atoms with Gasteiger partial charge >= 0.3 is 6.18 Å². The van der Waals surface area contributed by atoms with Gasteiger partial charge in [0, 0.05) is 11.3 Å². The van der Waals surface area contributed by atoms with Crippen molar-refractivity contribution in [3.63, 3.8) is 0 Å². The van der Waals surface area contributed by atoms with Gasteiger partial charge in [-0.2, -0.15) is 23.7 Å². The van der Waals surface area contributed by atoms with Crippen molar-refractivity contribution in [1.29, 1.82) is 10.5 Å². The minimum Gasteiger partial charge on any atom is -0.355 e. The minimum atomic E-state index is -4.40. The van der Waals surface area contributed by atoms with E-state index >= 15 is 0 Å². The van der Waals surface area contributed by atoms with Gasteiger partial charge in [-0.3, -0.25) is 0 Å². The van der Waals surface area contributed by atoms with E-state index in [0.29, 0.717) is 5.69 Å². The van der Waals surface area contributed by atoms with Gasteiger partial charge in [0.05, 0.1) is 22.9 Å². The molecule has 0 heterocycles. The lowest BCUT2D eigenvalue weighted by Gasteiger charge is -2.11. The largest absolute Gasteiger partial charge is 0.416 e. The Labute approximate surface area is 114 Å². The van der Waals surface area contributed by atoms with E-state index in [0.717, 1.165) is 12.1 Å². The molecule has 0 spiro atoms. The Morgan fingerprint density at radius 1 is 1.15 bits per heavy atom. The Morgan fingerprint density at radius 2 is 1.70 bits per heavy atom. The Morgan fingerprint density at radius 3 is 2.10 bits per heavy atom. The number of allylic oxidation sites excluding steroid dienone is 2. The van der Waals surface area contributed by atoms with Crippen molar-refractivity contribution in [2.45, 2.75) is 13.1 Å². The summed E-state index contributed by atoms with van der Waals surface area (Å²) in [6.07, 6.45) is -4.40. The predicted molar refractivity (Wildman–Crippen MR) is 68.1 cm³/mol. The zero-order chi connectivity index (χ0) is 15.3. The van der Waals surface area contributed by atoms with Gasteiger partial charge < -0.3 is 5.32 Å². The molecule has 0 aliphatic rings. The van der Waals surface area contributed by atoms with Crippen molar-refractivity contribution in [3.05, 3.63) is 53.3 Å². The van der Waals surface area contributed by atoms with Crippen LogP contribution in [0, 0.1) is 22.7 Å². The predicted octanol–water partition coefficient (Wildman–Crippen LogP) is 3.99. The van der Waals surface area contributed by atoms with Gasteiger partial charge in [0.25, 0.3) is 0 Å². The molecule has 0 fully saturated rings. The number of hydrogen-bond acceptors (Lipinski definition) is 3. The first-order valence-electron chi connectivity index (χ1n) is 5.44. The normalized spacial score (nSPS) is 11.9. The van der Waals surface area contributed by atoms with Crippen LogP contribution in [0.5, 0.6) is 0 Å². The molecular weight excluding hydrogens is 267 g/mol. The van der Waals surface area contributed by atoms with E-state index in [9.17, 15) is 13.2 Å². The van der Waals surface area contributed by atoms with Gasteiger partial charge in [-0.1, -0.05) is 6.58 Å². The molecule has 20 heavy (non-hydrogen) atoms. The number of hydrogen-bond donors (Lipinski definition) is 1.